The zero-order valence-electron chi connectivity index (χ0n) is 10.0. The van der Waals surface area contributed by atoms with Crippen molar-refractivity contribution in [2.24, 2.45) is 4.99 Å². The second-order valence-electron chi connectivity index (χ2n) is 4.48. The van der Waals surface area contributed by atoms with Crippen LogP contribution in [0.5, 0.6) is 0 Å². The Morgan fingerprint density at radius 1 is 1.31 bits per heavy atom. The van der Waals surface area contributed by atoms with Gasteiger partial charge in [-0.3, -0.25) is 4.99 Å². The fourth-order valence-corrected chi connectivity index (χ4v) is 2.48. The van der Waals surface area contributed by atoms with Crippen LogP contribution in [0.25, 0.3) is 0 Å². The Labute approximate surface area is 102 Å². The first-order chi connectivity index (χ1) is 7.65. The van der Waals surface area contributed by atoms with E-state index in [9.17, 15) is 0 Å². The number of benzene rings is 1. The fraction of sp³-hybridized carbons (Fsp3) is 0.462. The van der Waals surface area contributed by atoms with Crippen molar-refractivity contribution in [2.75, 3.05) is 11.9 Å². The molecular weight excluding hydrogens is 216 g/mol. The third-order valence-electron chi connectivity index (χ3n) is 2.63. The maximum Gasteiger partial charge on any atom is 0.161 e. The smallest absolute Gasteiger partial charge is 0.161 e. The monoisotopic (exact) mass is 234 g/mol. The Morgan fingerprint density at radius 3 is 2.50 bits per heavy atom. The van der Waals surface area contributed by atoms with Crippen molar-refractivity contribution in [1.82, 2.24) is 0 Å². The lowest BCUT2D eigenvalue weighted by atomic mass is 10.0. The Balaban J connectivity index is 2.00. The summed E-state index contributed by atoms with van der Waals surface area (Å²) in [4.78, 5) is 4.44. The predicted octanol–water partition coefficient (Wildman–Crippen LogP) is 3.71. The maximum atomic E-state index is 4.44. The summed E-state index contributed by atoms with van der Waals surface area (Å²) in [7, 11) is 0. The van der Waals surface area contributed by atoms with E-state index in [1.54, 1.807) is 0 Å². The summed E-state index contributed by atoms with van der Waals surface area (Å²) in [6, 6.07) is 8.61. The molecule has 0 saturated carbocycles. The number of hydrogen-bond acceptors (Lipinski definition) is 3. The van der Waals surface area contributed by atoms with Gasteiger partial charge in [0.1, 0.15) is 0 Å². The molecule has 0 radical (unpaired) electrons. The molecule has 16 heavy (non-hydrogen) atoms. The van der Waals surface area contributed by atoms with E-state index in [1.165, 1.54) is 5.56 Å². The van der Waals surface area contributed by atoms with Crippen molar-refractivity contribution < 1.29 is 0 Å². The minimum absolute atomic E-state index is 0.590. The summed E-state index contributed by atoms with van der Waals surface area (Å²) in [5.41, 5.74) is 2.50. The molecule has 2 rings (SSSR count). The zero-order chi connectivity index (χ0) is 11.5. The number of nitrogens with zero attached hydrogens (tertiary/aromatic N) is 1. The first kappa shape index (κ1) is 11.5. The number of thioether (sulfide) groups is 1. The quantitative estimate of drug-likeness (QED) is 0.843. The normalized spacial score (nSPS) is 20.0. The summed E-state index contributed by atoms with van der Waals surface area (Å²) in [6.45, 7) is 7.55. The molecule has 86 valence electrons. The fourth-order valence-electron chi connectivity index (χ4n) is 1.62. The minimum Gasteiger partial charge on any atom is -0.335 e. The number of aliphatic imine (C=N–C) groups is 1. The molecule has 0 fully saturated rings. The number of amidine groups is 1. The second kappa shape index (κ2) is 4.91. The highest BCUT2D eigenvalue weighted by Gasteiger charge is 2.14. The van der Waals surface area contributed by atoms with Crippen LogP contribution in [0.15, 0.2) is 29.3 Å². The van der Waals surface area contributed by atoms with Crippen LogP contribution in [-0.2, 0) is 0 Å². The van der Waals surface area contributed by atoms with Crippen molar-refractivity contribution in [3.8, 4) is 0 Å². The van der Waals surface area contributed by atoms with Crippen molar-refractivity contribution >= 4 is 22.6 Å². The van der Waals surface area contributed by atoms with Gasteiger partial charge in [0.2, 0.25) is 0 Å². The third kappa shape index (κ3) is 2.79. The molecule has 0 bridgehead atoms. The van der Waals surface area contributed by atoms with Crippen molar-refractivity contribution in [3.63, 3.8) is 0 Å². The molecule has 0 amide bonds. The average Bonchev–Trinajstić information content (AvgIpc) is 2.65. The van der Waals surface area contributed by atoms with Gasteiger partial charge in [0, 0.05) is 10.9 Å². The lowest BCUT2D eigenvalue weighted by molar-refractivity contribution is 0.867. The topological polar surface area (TPSA) is 24.4 Å². The number of anilines is 1. The van der Waals surface area contributed by atoms with Crippen LogP contribution in [0, 0.1) is 0 Å². The van der Waals surface area contributed by atoms with E-state index < -0.39 is 0 Å². The number of nitrogens with one attached hydrogen (secondary N) is 1. The highest BCUT2D eigenvalue weighted by atomic mass is 32.2. The van der Waals surface area contributed by atoms with Crippen LogP contribution >= 0.6 is 11.8 Å². The Kier molecular flexibility index (Phi) is 3.54. The molecule has 1 atom stereocenters. The van der Waals surface area contributed by atoms with Crippen LogP contribution in [0.2, 0.25) is 0 Å². The van der Waals surface area contributed by atoms with E-state index in [0.717, 1.165) is 17.4 Å². The van der Waals surface area contributed by atoms with Gasteiger partial charge in [-0.05, 0) is 23.6 Å². The second-order valence-corrected chi connectivity index (χ2v) is 5.90. The molecule has 1 unspecified atom stereocenters. The molecule has 0 aliphatic carbocycles. The van der Waals surface area contributed by atoms with Crippen molar-refractivity contribution in [2.45, 2.75) is 31.9 Å². The SMILES string of the molecule is CC1CN=C(Nc2ccc(C(C)C)cc2)S1. The van der Waals surface area contributed by atoms with E-state index in [-0.39, 0.29) is 0 Å². The number of hydrogen-bond donors (Lipinski definition) is 1. The Hall–Kier alpha value is -0.960. The van der Waals surface area contributed by atoms with E-state index in [4.69, 9.17) is 0 Å². The van der Waals surface area contributed by atoms with Gasteiger partial charge in [0.05, 0.1) is 6.54 Å². The van der Waals surface area contributed by atoms with Crippen LogP contribution in [0.3, 0.4) is 0 Å². The Morgan fingerprint density at radius 2 is 2.00 bits per heavy atom. The lowest BCUT2D eigenvalue weighted by Crippen LogP contribution is -2.05. The molecular formula is C13H18N2S. The molecule has 0 spiro atoms. The summed E-state index contributed by atoms with van der Waals surface area (Å²) in [5, 5.41) is 5.01. The van der Waals surface area contributed by atoms with Gasteiger partial charge in [-0.1, -0.05) is 44.7 Å². The van der Waals surface area contributed by atoms with Gasteiger partial charge >= 0.3 is 0 Å². The van der Waals surface area contributed by atoms with E-state index in [2.05, 4.69) is 55.3 Å². The van der Waals surface area contributed by atoms with E-state index in [1.807, 2.05) is 11.8 Å². The average molecular weight is 234 g/mol. The van der Waals surface area contributed by atoms with Crippen molar-refractivity contribution in [1.29, 1.82) is 0 Å². The summed E-state index contributed by atoms with van der Waals surface area (Å²) < 4.78 is 0. The summed E-state index contributed by atoms with van der Waals surface area (Å²) in [6.07, 6.45) is 0. The van der Waals surface area contributed by atoms with Gasteiger partial charge in [-0.15, -0.1) is 0 Å². The molecule has 0 saturated heterocycles. The molecule has 3 heteroatoms. The largest absolute Gasteiger partial charge is 0.335 e. The van der Waals surface area contributed by atoms with Gasteiger partial charge in [-0.25, -0.2) is 0 Å². The first-order valence-corrected chi connectivity index (χ1v) is 6.61. The van der Waals surface area contributed by atoms with Gasteiger partial charge in [0.15, 0.2) is 5.17 Å². The molecule has 1 N–H and O–H groups in total. The molecule has 1 heterocycles. The first-order valence-electron chi connectivity index (χ1n) is 5.73. The van der Waals surface area contributed by atoms with Gasteiger partial charge < -0.3 is 5.32 Å². The minimum atomic E-state index is 0.590. The van der Waals surface area contributed by atoms with Crippen LogP contribution in [0.4, 0.5) is 5.69 Å². The molecule has 0 aromatic heterocycles. The lowest BCUT2D eigenvalue weighted by Gasteiger charge is -2.08. The summed E-state index contributed by atoms with van der Waals surface area (Å²) >= 11 is 1.81. The van der Waals surface area contributed by atoms with Gasteiger partial charge in [-0.2, -0.15) is 0 Å². The van der Waals surface area contributed by atoms with Gasteiger partial charge in [0.25, 0.3) is 0 Å². The predicted molar refractivity (Wildman–Crippen MR) is 73.5 cm³/mol. The van der Waals surface area contributed by atoms with Crippen LogP contribution < -0.4 is 5.32 Å². The Bertz CT molecular complexity index is 381. The highest BCUT2D eigenvalue weighted by Crippen LogP contribution is 2.23. The molecule has 1 aromatic carbocycles. The number of rotatable bonds is 2. The van der Waals surface area contributed by atoms with Crippen molar-refractivity contribution in [3.05, 3.63) is 29.8 Å². The maximum absolute atomic E-state index is 4.44. The molecule has 1 aliphatic heterocycles. The van der Waals surface area contributed by atoms with Crippen LogP contribution in [0.1, 0.15) is 32.3 Å². The molecule has 2 nitrogen and oxygen atoms in total. The highest BCUT2D eigenvalue weighted by molar-refractivity contribution is 8.15. The zero-order valence-corrected chi connectivity index (χ0v) is 10.8. The summed E-state index contributed by atoms with van der Waals surface area (Å²) in [5.74, 6) is 0.590. The molecule has 1 aromatic rings. The van der Waals surface area contributed by atoms with E-state index >= 15 is 0 Å². The molecule has 1 aliphatic rings. The van der Waals surface area contributed by atoms with Crippen LogP contribution in [-0.4, -0.2) is 17.0 Å². The van der Waals surface area contributed by atoms with E-state index in [0.29, 0.717) is 11.2 Å². The third-order valence-corrected chi connectivity index (χ3v) is 3.64. The standard InChI is InChI=1S/C13H18N2S/c1-9(2)11-4-6-12(7-5-11)15-13-14-8-10(3)16-13/h4-7,9-10H,8H2,1-3H3,(H,14,15).